The van der Waals surface area contributed by atoms with Gasteiger partial charge < -0.3 is 10.6 Å². The van der Waals surface area contributed by atoms with Crippen LogP contribution in [-0.2, 0) is 4.79 Å². The molecule has 0 heterocycles. The molecule has 0 aliphatic carbocycles. The zero-order chi connectivity index (χ0) is 19.3. The zero-order valence-electron chi connectivity index (χ0n) is 15.5. The molecule has 2 atom stereocenters. The van der Waals surface area contributed by atoms with E-state index in [1.807, 2.05) is 52.0 Å². The van der Waals surface area contributed by atoms with Gasteiger partial charge in [-0.25, -0.2) is 0 Å². The van der Waals surface area contributed by atoms with Gasteiger partial charge in [-0.15, -0.1) is 0 Å². The molecule has 4 nitrogen and oxygen atoms in total. The summed E-state index contributed by atoms with van der Waals surface area (Å²) in [6, 6.07) is 14.0. The van der Waals surface area contributed by atoms with E-state index in [2.05, 4.69) is 10.6 Å². The lowest BCUT2D eigenvalue weighted by atomic mass is 10.0. The van der Waals surface area contributed by atoms with Crippen molar-refractivity contribution < 1.29 is 9.59 Å². The smallest absolute Gasteiger partial charge is 0.253 e. The molecule has 0 aliphatic rings. The van der Waals surface area contributed by atoms with E-state index in [-0.39, 0.29) is 23.8 Å². The van der Waals surface area contributed by atoms with Crippen molar-refractivity contribution in [3.63, 3.8) is 0 Å². The molecule has 0 fully saturated rings. The Hall–Kier alpha value is -2.33. The summed E-state index contributed by atoms with van der Waals surface area (Å²) < 4.78 is 0. The molecular formula is C21H25ClN2O2. The summed E-state index contributed by atoms with van der Waals surface area (Å²) in [5.41, 5.74) is 2.54. The van der Waals surface area contributed by atoms with Crippen LogP contribution in [0.1, 0.15) is 48.3 Å². The highest BCUT2D eigenvalue weighted by Crippen LogP contribution is 2.17. The van der Waals surface area contributed by atoms with Gasteiger partial charge in [-0.05, 0) is 37.5 Å². The van der Waals surface area contributed by atoms with E-state index in [1.165, 1.54) is 5.56 Å². The summed E-state index contributed by atoms with van der Waals surface area (Å²) in [4.78, 5) is 25.2. The van der Waals surface area contributed by atoms with Crippen LogP contribution in [0.25, 0.3) is 0 Å². The van der Waals surface area contributed by atoms with Gasteiger partial charge in [0.15, 0.2) is 0 Å². The van der Waals surface area contributed by atoms with E-state index in [0.29, 0.717) is 10.6 Å². The Bertz CT molecular complexity index is 772. The van der Waals surface area contributed by atoms with E-state index in [9.17, 15) is 9.59 Å². The highest BCUT2D eigenvalue weighted by Gasteiger charge is 2.26. The minimum Gasteiger partial charge on any atom is -0.348 e. The van der Waals surface area contributed by atoms with Gasteiger partial charge in [0.2, 0.25) is 5.91 Å². The maximum absolute atomic E-state index is 12.7. The normalized spacial score (nSPS) is 13.2. The van der Waals surface area contributed by atoms with Crippen molar-refractivity contribution in [3.8, 4) is 0 Å². The van der Waals surface area contributed by atoms with Crippen LogP contribution >= 0.6 is 11.6 Å². The molecule has 0 radical (unpaired) electrons. The molecule has 0 bridgehead atoms. The SMILES string of the molecule is Cc1ccc(C(C)NC(=O)C(NC(=O)c2ccccc2Cl)C(C)C)cc1. The molecule has 2 aromatic carbocycles. The first kappa shape index (κ1) is 20.0. The summed E-state index contributed by atoms with van der Waals surface area (Å²) in [6.45, 7) is 7.74. The quantitative estimate of drug-likeness (QED) is 0.795. The maximum atomic E-state index is 12.7. The van der Waals surface area contributed by atoms with E-state index in [0.717, 1.165) is 5.56 Å². The van der Waals surface area contributed by atoms with Gasteiger partial charge >= 0.3 is 0 Å². The molecule has 26 heavy (non-hydrogen) atoms. The lowest BCUT2D eigenvalue weighted by Gasteiger charge is -2.24. The fraction of sp³-hybridized carbons (Fsp3) is 0.333. The first-order chi connectivity index (χ1) is 12.3. The first-order valence-corrected chi connectivity index (χ1v) is 9.09. The molecular weight excluding hydrogens is 348 g/mol. The van der Waals surface area contributed by atoms with E-state index >= 15 is 0 Å². The number of benzene rings is 2. The minimum absolute atomic E-state index is 0.0633. The van der Waals surface area contributed by atoms with Gasteiger partial charge in [0.05, 0.1) is 16.6 Å². The molecule has 2 N–H and O–H groups in total. The van der Waals surface area contributed by atoms with Crippen molar-refractivity contribution in [3.05, 3.63) is 70.2 Å². The second-order valence-corrected chi connectivity index (χ2v) is 7.22. The van der Waals surface area contributed by atoms with Crippen LogP contribution in [0.15, 0.2) is 48.5 Å². The van der Waals surface area contributed by atoms with Crippen LogP contribution < -0.4 is 10.6 Å². The van der Waals surface area contributed by atoms with E-state index < -0.39 is 6.04 Å². The number of carbonyl (C=O) groups is 2. The van der Waals surface area contributed by atoms with Gasteiger partial charge in [-0.2, -0.15) is 0 Å². The fourth-order valence-electron chi connectivity index (χ4n) is 2.64. The van der Waals surface area contributed by atoms with Crippen molar-refractivity contribution >= 4 is 23.4 Å². The molecule has 2 aromatic rings. The number of aryl methyl sites for hydroxylation is 1. The molecule has 0 aliphatic heterocycles. The van der Waals surface area contributed by atoms with Crippen LogP contribution in [0.5, 0.6) is 0 Å². The Balaban J connectivity index is 2.08. The predicted octanol–water partition coefficient (Wildman–Crippen LogP) is 4.28. The lowest BCUT2D eigenvalue weighted by molar-refractivity contribution is -0.124. The summed E-state index contributed by atoms with van der Waals surface area (Å²) in [5.74, 6) is -0.632. The summed E-state index contributed by atoms with van der Waals surface area (Å²) in [7, 11) is 0. The number of amides is 2. The molecule has 138 valence electrons. The van der Waals surface area contributed by atoms with Crippen molar-refractivity contribution in [1.82, 2.24) is 10.6 Å². The van der Waals surface area contributed by atoms with Crippen LogP contribution in [0, 0.1) is 12.8 Å². The highest BCUT2D eigenvalue weighted by molar-refractivity contribution is 6.33. The van der Waals surface area contributed by atoms with Crippen LogP contribution in [-0.4, -0.2) is 17.9 Å². The average Bonchev–Trinajstić information content (AvgIpc) is 2.59. The van der Waals surface area contributed by atoms with Crippen LogP contribution in [0.3, 0.4) is 0 Å². The standard InChI is InChI=1S/C21H25ClN2O2/c1-13(2)19(24-20(25)17-7-5-6-8-18(17)22)21(26)23-15(4)16-11-9-14(3)10-12-16/h5-13,15,19H,1-4H3,(H,23,26)(H,24,25). The highest BCUT2D eigenvalue weighted by atomic mass is 35.5. The monoisotopic (exact) mass is 372 g/mol. The molecule has 2 amide bonds. The molecule has 0 aromatic heterocycles. The Kier molecular flexibility index (Phi) is 6.81. The van der Waals surface area contributed by atoms with Crippen molar-refractivity contribution in [2.45, 2.75) is 39.8 Å². The lowest BCUT2D eigenvalue weighted by Crippen LogP contribution is -2.50. The Morgan fingerprint density at radius 2 is 1.54 bits per heavy atom. The first-order valence-electron chi connectivity index (χ1n) is 8.72. The molecule has 0 saturated heterocycles. The number of carbonyl (C=O) groups excluding carboxylic acids is 2. The summed E-state index contributed by atoms with van der Waals surface area (Å²) in [5, 5.41) is 6.15. The molecule has 2 unspecified atom stereocenters. The van der Waals surface area contributed by atoms with Crippen LogP contribution in [0.2, 0.25) is 5.02 Å². The maximum Gasteiger partial charge on any atom is 0.253 e. The van der Waals surface area contributed by atoms with Crippen LogP contribution in [0.4, 0.5) is 0 Å². The molecule has 5 heteroatoms. The number of halogens is 1. The summed E-state index contributed by atoms with van der Waals surface area (Å²) in [6.07, 6.45) is 0. The van der Waals surface area contributed by atoms with Gasteiger partial charge in [0, 0.05) is 0 Å². The van der Waals surface area contributed by atoms with Gasteiger partial charge in [0.25, 0.3) is 5.91 Å². The third-order valence-corrected chi connectivity index (χ3v) is 4.62. The van der Waals surface area contributed by atoms with Crippen molar-refractivity contribution in [1.29, 1.82) is 0 Å². The van der Waals surface area contributed by atoms with Crippen molar-refractivity contribution in [2.75, 3.05) is 0 Å². The zero-order valence-corrected chi connectivity index (χ0v) is 16.3. The fourth-order valence-corrected chi connectivity index (χ4v) is 2.86. The number of hydrogen-bond donors (Lipinski definition) is 2. The second kappa shape index (κ2) is 8.86. The Morgan fingerprint density at radius 3 is 2.12 bits per heavy atom. The van der Waals surface area contributed by atoms with E-state index in [1.54, 1.807) is 24.3 Å². The molecule has 2 rings (SSSR count). The third kappa shape index (κ3) is 5.09. The Labute approximate surface area is 159 Å². The Morgan fingerprint density at radius 1 is 0.923 bits per heavy atom. The molecule has 0 spiro atoms. The topological polar surface area (TPSA) is 58.2 Å². The summed E-state index contributed by atoms with van der Waals surface area (Å²) >= 11 is 6.08. The average molecular weight is 373 g/mol. The van der Waals surface area contributed by atoms with E-state index in [4.69, 9.17) is 11.6 Å². The van der Waals surface area contributed by atoms with Gasteiger partial charge in [0.1, 0.15) is 6.04 Å². The predicted molar refractivity (Wildman–Crippen MR) is 105 cm³/mol. The largest absolute Gasteiger partial charge is 0.348 e. The molecule has 0 saturated carbocycles. The number of hydrogen-bond acceptors (Lipinski definition) is 2. The third-order valence-electron chi connectivity index (χ3n) is 4.29. The minimum atomic E-state index is -0.647. The van der Waals surface area contributed by atoms with Gasteiger partial charge in [-0.3, -0.25) is 9.59 Å². The second-order valence-electron chi connectivity index (χ2n) is 6.82. The van der Waals surface area contributed by atoms with Crippen molar-refractivity contribution in [2.24, 2.45) is 5.92 Å². The number of nitrogens with one attached hydrogen (secondary N) is 2. The van der Waals surface area contributed by atoms with Gasteiger partial charge in [-0.1, -0.05) is 67.4 Å². The number of rotatable bonds is 6.